The second-order valence-electron chi connectivity index (χ2n) is 5.23. The molecule has 0 saturated carbocycles. The Morgan fingerprint density at radius 2 is 2.23 bits per heavy atom. The number of nitrogens with zero attached hydrogens (tertiary/aromatic N) is 2. The van der Waals surface area contributed by atoms with Crippen LogP contribution in [0.25, 0.3) is 0 Å². The lowest BCUT2D eigenvalue weighted by Crippen LogP contribution is -2.47. The maximum absolute atomic E-state index is 12.3. The molecule has 1 saturated heterocycles. The van der Waals surface area contributed by atoms with Crippen LogP contribution in [0.3, 0.4) is 0 Å². The molecule has 0 aliphatic carbocycles. The van der Waals surface area contributed by atoms with Crippen LogP contribution in [0.1, 0.15) is 26.7 Å². The van der Waals surface area contributed by atoms with Crippen molar-refractivity contribution in [1.82, 2.24) is 10.3 Å². The Hall–Kier alpha value is -1.84. The maximum Gasteiger partial charge on any atom is 0.264 e. The van der Waals surface area contributed by atoms with Gasteiger partial charge in [-0.05, 0) is 17.7 Å². The third kappa shape index (κ3) is 3.32. The molecule has 1 aliphatic heterocycles. The van der Waals surface area contributed by atoms with Crippen molar-refractivity contribution in [3.8, 4) is 6.07 Å². The van der Waals surface area contributed by atoms with Crippen molar-refractivity contribution in [3.63, 3.8) is 0 Å². The average Bonchev–Trinajstić information content (AvgIpc) is 3.18. The fraction of sp³-hybridized carbons (Fsp3) is 0.312. The number of nitriles is 1. The summed E-state index contributed by atoms with van der Waals surface area (Å²) < 4.78 is 0. The van der Waals surface area contributed by atoms with Crippen molar-refractivity contribution in [3.05, 3.63) is 52.0 Å². The number of amides is 1. The lowest BCUT2D eigenvalue weighted by atomic mass is 10.0. The van der Waals surface area contributed by atoms with Crippen molar-refractivity contribution < 1.29 is 4.79 Å². The van der Waals surface area contributed by atoms with E-state index >= 15 is 0 Å². The van der Waals surface area contributed by atoms with E-state index < -0.39 is 5.54 Å². The Labute approximate surface area is 137 Å². The van der Waals surface area contributed by atoms with E-state index in [1.807, 2.05) is 30.3 Å². The molecule has 0 unspecified atom stereocenters. The molecule has 1 aromatic heterocycles. The SMILES string of the molecule is N#C[C@@]1(NC(=O)c2cnc(Cc3ccccc3)s2)CCSC1. The summed E-state index contributed by atoms with van der Waals surface area (Å²) in [5, 5.41) is 13.1. The molecule has 3 rings (SSSR count). The molecule has 0 radical (unpaired) electrons. The van der Waals surface area contributed by atoms with E-state index in [1.54, 1.807) is 18.0 Å². The summed E-state index contributed by atoms with van der Waals surface area (Å²) in [5.41, 5.74) is 0.454. The monoisotopic (exact) mass is 329 g/mol. The van der Waals surface area contributed by atoms with E-state index in [1.165, 1.54) is 16.9 Å². The van der Waals surface area contributed by atoms with Gasteiger partial charge in [0.1, 0.15) is 10.4 Å². The van der Waals surface area contributed by atoms with Gasteiger partial charge in [-0.15, -0.1) is 11.3 Å². The number of hydrogen-bond donors (Lipinski definition) is 1. The average molecular weight is 329 g/mol. The van der Waals surface area contributed by atoms with Crippen molar-refractivity contribution in [2.24, 2.45) is 0 Å². The zero-order valence-electron chi connectivity index (χ0n) is 11.9. The number of benzene rings is 1. The van der Waals surface area contributed by atoms with Crippen LogP contribution in [0.5, 0.6) is 0 Å². The molecule has 2 aromatic rings. The highest BCUT2D eigenvalue weighted by molar-refractivity contribution is 7.99. The van der Waals surface area contributed by atoms with Gasteiger partial charge >= 0.3 is 0 Å². The molecule has 0 bridgehead atoms. The third-order valence-corrected chi connectivity index (χ3v) is 5.75. The number of hydrogen-bond acceptors (Lipinski definition) is 5. The minimum absolute atomic E-state index is 0.194. The van der Waals surface area contributed by atoms with Gasteiger partial charge < -0.3 is 5.32 Å². The number of aromatic nitrogens is 1. The van der Waals surface area contributed by atoms with Crippen LogP contribution in [0.4, 0.5) is 0 Å². The van der Waals surface area contributed by atoms with E-state index in [4.69, 9.17) is 0 Å². The standard InChI is InChI=1S/C16H15N3OS2/c17-10-16(6-7-21-11-16)19-15(20)13-9-18-14(22-13)8-12-4-2-1-3-5-12/h1-5,9H,6-8,11H2,(H,19,20)/t16-/m0/s1. The summed E-state index contributed by atoms with van der Waals surface area (Å²) in [6.45, 7) is 0. The smallest absolute Gasteiger partial charge is 0.264 e. The summed E-state index contributed by atoms with van der Waals surface area (Å²) in [7, 11) is 0. The minimum atomic E-state index is -0.717. The molecule has 1 N–H and O–H groups in total. The number of rotatable bonds is 4. The van der Waals surface area contributed by atoms with Gasteiger partial charge in [0.05, 0.1) is 17.3 Å². The van der Waals surface area contributed by atoms with Crippen LogP contribution < -0.4 is 5.32 Å². The number of carbonyl (C=O) groups is 1. The Kier molecular flexibility index (Phi) is 4.46. The van der Waals surface area contributed by atoms with Crippen LogP contribution in [0.15, 0.2) is 36.5 Å². The molecule has 22 heavy (non-hydrogen) atoms. The summed E-state index contributed by atoms with van der Waals surface area (Å²) in [6.07, 6.45) is 3.03. The van der Waals surface area contributed by atoms with Gasteiger partial charge in [0.2, 0.25) is 0 Å². The van der Waals surface area contributed by atoms with Gasteiger partial charge in [-0.3, -0.25) is 4.79 Å². The molecule has 1 atom stereocenters. The summed E-state index contributed by atoms with van der Waals surface area (Å²) in [6, 6.07) is 12.3. The number of thioether (sulfide) groups is 1. The topological polar surface area (TPSA) is 65.8 Å². The van der Waals surface area contributed by atoms with Crippen LogP contribution >= 0.6 is 23.1 Å². The predicted molar refractivity (Wildman–Crippen MR) is 89.1 cm³/mol. The maximum atomic E-state index is 12.3. The molecule has 4 nitrogen and oxygen atoms in total. The largest absolute Gasteiger partial charge is 0.332 e. The molecule has 6 heteroatoms. The van der Waals surface area contributed by atoms with E-state index in [2.05, 4.69) is 16.4 Å². The third-order valence-electron chi connectivity index (χ3n) is 3.56. The molecule has 1 aromatic carbocycles. The van der Waals surface area contributed by atoms with Crippen LogP contribution in [-0.2, 0) is 6.42 Å². The van der Waals surface area contributed by atoms with E-state index in [-0.39, 0.29) is 5.91 Å². The second-order valence-corrected chi connectivity index (χ2v) is 7.45. The van der Waals surface area contributed by atoms with Crippen LogP contribution in [0, 0.1) is 11.3 Å². The first-order chi connectivity index (χ1) is 10.7. The first-order valence-corrected chi connectivity index (χ1v) is 8.98. The summed E-state index contributed by atoms with van der Waals surface area (Å²) >= 11 is 3.09. The minimum Gasteiger partial charge on any atom is -0.332 e. The van der Waals surface area contributed by atoms with Crippen LogP contribution in [-0.4, -0.2) is 27.9 Å². The van der Waals surface area contributed by atoms with Gasteiger partial charge in [0.15, 0.2) is 0 Å². The second kappa shape index (κ2) is 6.51. The molecule has 1 amide bonds. The zero-order valence-corrected chi connectivity index (χ0v) is 13.5. The van der Waals surface area contributed by atoms with E-state index in [0.29, 0.717) is 17.1 Å². The molecular formula is C16H15N3OS2. The van der Waals surface area contributed by atoms with Gasteiger partial charge in [0, 0.05) is 12.2 Å². The molecule has 1 fully saturated rings. The van der Waals surface area contributed by atoms with E-state index in [9.17, 15) is 10.1 Å². The number of nitrogens with one attached hydrogen (secondary N) is 1. The summed E-state index contributed by atoms with van der Waals surface area (Å²) in [5.74, 6) is 1.38. The molecule has 1 aliphatic rings. The molecule has 0 spiro atoms. The fourth-order valence-electron chi connectivity index (χ4n) is 2.33. The normalized spacial score (nSPS) is 20.5. The Morgan fingerprint density at radius 1 is 1.41 bits per heavy atom. The summed E-state index contributed by atoms with van der Waals surface area (Å²) in [4.78, 5) is 17.2. The van der Waals surface area contributed by atoms with Gasteiger partial charge in [-0.2, -0.15) is 17.0 Å². The van der Waals surface area contributed by atoms with Crippen molar-refractivity contribution in [2.75, 3.05) is 11.5 Å². The molecule has 2 heterocycles. The van der Waals surface area contributed by atoms with E-state index in [0.717, 1.165) is 17.2 Å². The van der Waals surface area contributed by atoms with Crippen molar-refractivity contribution >= 4 is 29.0 Å². The van der Waals surface area contributed by atoms with Crippen LogP contribution in [0.2, 0.25) is 0 Å². The number of carbonyl (C=O) groups excluding carboxylic acids is 1. The Morgan fingerprint density at radius 3 is 2.91 bits per heavy atom. The van der Waals surface area contributed by atoms with Crippen molar-refractivity contribution in [2.45, 2.75) is 18.4 Å². The first-order valence-electron chi connectivity index (χ1n) is 7.01. The highest BCUT2D eigenvalue weighted by atomic mass is 32.2. The van der Waals surface area contributed by atoms with Gasteiger partial charge in [0.25, 0.3) is 5.91 Å². The Balaban J connectivity index is 1.68. The first kappa shape index (κ1) is 15.1. The van der Waals surface area contributed by atoms with Gasteiger partial charge in [-0.1, -0.05) is 30.3 Å². The quantitative estimate of drug-likeness (QED) is 0.937. The predicted octanol–water partition coefficient (Wildman–Crippen LogP) is 2.86. The van der Waals surface area contributed by atoms with Crippen molar-refractivity contribution in [1.29, 1.82) is 5.26 Å². The fourth-order valence-corrected chi connectivity index (χ4v) is 4.44. The zero-order chi connectivity index (χ0) is 15.4. The van der Waals surface area contributed by atoms with Gasteiger partial charge in [-0.25, -0.2) is 4.98 Å². The highest BCUT2D eigenvalue weighted by Crippen LogP contribution is 2.28. The Bertz CT molecular complexity index is 700. The lowest BCUT2D eigenvalue weighted by molar-refractivity contribution is 0.0930. The molecular weight excluding hydrogens is 314 g/mol. The number of thiazole rings is 1. The lowest BCUT2D eigenvalue weighted by Gasteiger charge is -2.20. The highest BCUT2D eigenvalue weighted by Gasteiger charge is 2.36. The molecule has 112 valence electrons.